The summed E-state index contributed by atoms with van der Waals surface area (Å²) in [5, 5.41) is 0.779. The van der Waals surface area contributed by atoms with Gasteiger partial charge in [0.2, 0.25) is 5.91 Å². The Morgan fingerprint density at radius 3 is 2.52 bits per heavy atom. The van der Waals surface area contributed by atoms with Crippen molar-refractivity contribution in [3.8, 4) is 0 Å². The molecule has 0 radical (unpaired) electrons. The van der Waals surface area contributed by atoms with Crippen molar-refractivity contribution in [2.24, 2.45) is 5.92 Å². The molecule has 25 heavy (non-hydrogen) atoms. The lowest BCUT2D eigenvalue weighted by Crippen LogP contribution is -2.49. The third kappa shape index (κ3) is 3.31. The van der Waals surface area contributed by atoms with Crippen LogP contribution < -0.4 is 0 Å². The Morgan fingerprint density at radius 1 is 1.04 bits per heavy atom. The van der Waals surface area contributed by atoms with Crippen LogP contribution in [0.25, 0.3) is 0 Å². The van der Waals surface area contributed by atoms with E-state index >= 15 is 0 Å². The zero-order chi connectivity index (χ0) is 17.4. The van der Waals surface area contributed by atoms with Crippen molar-refractivity contribution in [1.29, 1.82) is 0 Å². The molecule has 1 saturated carbocycles. The maximum atomic E-state index is 13.2. The number of carbonyl (C=O) groups is 1. The Hall–Kier alpha value is -1.84. The lowest BCUT2D eigenvalue weighted by Gasteiger charge is -2.40. The fourth-order valence-electron chi connectivity index (χ4n) is 3.94. The monoisotopic (exact) mass is 354 g/mol. The van der Waals surface area contributed by atoms with Crippen molar-refractivity contribution in [2.45, 2.75) is 18.4 Å². The molecule has 0 spiro atoms. The second-order valence-corrected chi connectivity index (χ2v) is 7.60. The summed E-state index contributed by atoms with van der Waals surface area (Å²) in [6, 6.07) is 18.4. The van der Waals surface area contributed by atoms with E-state index in [1.165, 1.54) is 5.56 Å². The summed E-state index contributed by atoms with van der Waals surface area (Å²) >= 11 is 6.33. The molecule has 0 bridgehead atoms. The molecule has 130 valence electrons. The number of carbonyl (C=O) groups excluding carboxylic acids is 1. The highest BCUT2D eigenvalue weighted by Crippen LogP contribution is 2.51. The molecule has 0 N–H and O–H groups in total. The third-order valence-corrected chi connectivity index (χ3v) is 5.81. The summed E-state index contributed by atoms with van der Waals surface area (Å²) in [7, 11) is 2.13. The average Bonchev–Trinajstić information content (AvgIpc) is 3.43. The molecular formula is C21H23ClN2O. The van der Waals surface area contributed by atoms with Gasteiger partial charge in [-0.25, -0.2) is 0 Å². The van der Waals surface area contributed by atoms with Gasteiger partial charge in [-0.15, -0.1) is 0 Å². The van der Waals surface area contributed by atoms with Crippen LogP contribution in [0.4, 0.5) is 0 Å². The minimum Gasteiger partial charge on any atom is -0.333 e. The van der Waals surface area contributed by atoms with Gasteiger partial charge >= 0.3 is 0 Å². The first-order chi connectivity index (χ1) is 12.1. The molecule has 2 aromatic rings. The summed E-state index contributed by atoms with van der Waals surface area (Å²) in [6.07, 6.45) is 0.913. The molecule has 2 aromatic carbocycles. The molecule has 3 nitrogen and oxygen atoms in total. The van der Waals surface area contributed by atoms with Gasteiger partial charge in [-0.05, 0) is 36.6 Å². The quantitative estimate of drug-likeness (QED) is 0.833. The molecule has 1 aliphatic carbocycles. The molecule has 1 saturated heterocycles. The smallest absolute Gasteiger partial charge is 0.226 e. The second kappa shape index (κ2) is 6.81. The lowest BCUT2D eigenvalue weighted by atomic mass is 10.0. The fraction of sp³-hybridized carbons (Fsp3) is 0.381. The Balaban J connectivity index is 1.54. The molecule has 3 unspecified atom stereocenters. The van der Waals surface area contributed by atoms with Crippen LogP contribution in [0.15, 0.2) is 54.6 Å². The van der Waals surface area contributed by atoms with Crippen LogP contribution in [0.3, 0.4) is 0 Å². The predicted octanol–water partition coefficient (Wildman–Crippen LogP) is 3.96. The molecule has 1 heterocycles. The van der Waals surface area contributed by atoms with Crippen LogP contribution in [-0.4, -0.2) is 42.4 Å². The number of nitrogens with zero attached hydrogens (tertiary/aromatic N) is 2. The standard InChI is InChI=1S/C21H23ClN2O/c1-23-11-12-24(20(14-23)15-7-3-2-4-8-15)21(25)18-13-17(18)16-9-5-6-10-19(16)22/h2-10,17-18,20H,11-14H2,1H3. The SMILES string of the molecule is CN1CCN(C(=O)C2CC2c2ccccc2Cl)C(c2ccccc2)C1. The van der Waals surface area contributed by atoms with Gasteiger partial charge in [0.05, 0.1) is 6.04 Å². The van der Waals surface area contributed by atoms with Gasteiger partial charge in [0, 0.05) is 30.6 Å². The van der Waals surface area contributed by atoms with E-state index in [1.54, 1.807) is 0 Å². The van der Waals surface area contributed by atoms with E-state index in [0.717, 1.165) is 36.6 Å². The molecule has 4 heteroatoms. The van der Waals surface area contributed by atoms with Crippen LogP contribution >= 0.6 is 11.6 Å². The van der Waals surface area contributed by atoms with Gasteiger partial charge in [-0.1, -0.05) is 60.1 Å². The summed E-state index contributed by atoms with van der Waals surface area (Å²) in [5.41, 5.74) is 2.34. The van der Waals surface area contributed by atoms with Gasteiger partial charge in [-0.3, -0.25) is 4.79 Å². The van der Waals surface area contributed by atoms with Gasteiger partial charge < -0.3 is 9.80 Å². The first kappa shape index (κ1) is 16.6. The summed E-state index contributed by atoms with van der Waals surface area (Å²) in [4.78, 5) is 17.6. The molecule has 2 fully saturated rings. The summed E-state index contributed by atoms with van der Waals surface area (Å²) in [6.45, 7) is 2.61. The Bertz CT molecular complexity index is 764. The van der Waals surface area contributed by atoms with E-state index in [9.17, 15) is 4.79 Å². The van der Waals surface area contributed by atoms with Gasteiger partial charge in [-0.2, -0.15) is 0 Å². The van der Waals surface area contributed by atoms with Crippen molar-refractivity contribution < 1.29 is 4.79 Å². The fourth-order valence-corrected chi connectivity index (χ4v) is 4.22. The largest absolute Gasteiger partial charge is 0.333 e. The molecule has 1 amide bonds. The molecule has 3 atom stereocenters. The molecular weight excluding hydrogens is 332 g/mol. The van der Waals surface area contributed by atoms with Crippen molar-refractivity contribution >= 4 is 17.5 Å². The number of hydrogen-bond donors (Lipinski definition) is 0. The van der Waals surface area contributed by atoms with Crippen LogP contribution in [0.1, 0.15) is 29.5 Å². The highest BCUT2D eigenvalue weighted by atomic mass is 35.5. The van der Waals surface area contributed by atoms with Crippen LogP contribution in [0, 0.1) is 5.92 Å². The van der Waals surface area contributed by atoms with E-state index < -0.39 is 0 Å². The van der Waals surface area contributed by atoms with E-state index in [1.807, 2.05) is 24.3 Å². The number of benzene rings is 2. The van der Waals surface area contributed by atoms with Gasteiger partial charge in [0.1, 0.15) is 0 Å². The van der Waals surface area contributed by atoms with E-state index in [4.69, 9.17) is 11.6 Å². The normalized spacial score (nSPS) is 26.5. The maximum absolute atomic E-state index is 13.2. The van der Waals surface area contributed by atoms with Crippen molar-refractivity contribution in [2.75, 3.05) is 26.7 Å². The summed E-state index contributed by atoms with van der Waals surface area (Å²) in [5.74, 6) is 0.638. The van der Waals surface area contributed by atoms with Crippen LogP contribution in [-0.2, 0) is 4.79 Å². The van der Waals surface area contributed by atoms with Crippen molar-refractivity contribution in [1.82, 2.24) is 9.80 Å². The van der Waals surface area contributed by atoms with Crippen LogP contribution in [0.5, 0.6) is 0 Å². The first-order valence-electron chi connectivity index (χ1n) is 8.93. The number of hydrogen-bond acceptors (Lipinski definition) is 2. The number of halogens is 1. The zero-order valence-electron chi connectivity index (χ0n) is 14.4. The van der Waals surface area contributed by atoms with E-state index in [-0.39, 0.29) is 23.8 Å². The zero-order valence-corrected chi connectivity index (χ0v) is 15.2. The lowest BCUT2D eigenvalue weighted by molar-refractivity contribution is -0.137. The maximum Gasteiger partial charge on any atom is 0.226 e. The molecule has 2 aliphatic rings. The summed E-state index contributed by atoms with van der Waals surface area (Å²) < 4.78 is 0. The van der Waals surface area contributed by atoms with Gasteiger partial charge in [0.15, 0.2) is 0 Å². The van der Waals surface area contributed by atoms with E-state index in [0.29, 0.717) is 0 Å². The molecule has 0 aromatic heterocycles. The number of piperazine rings is 1. The Kier molecular flexibility index (Phi) is 4.53. The number of rotatable bonds is 3. The number of likely N-dealkylation sites (N-methyl/N-ethyl adjacent to an activating group) is 1. The average molecular weight is 355 g/mol. The van der Waals surface area contributed by atoms with Crippen molar-refractivity contribution in [3.05, 3.63) is 70.7 Å². The van der Waals surface area contributed by atoms with Crippen molar-refractivity contribution in [3.63, 3.8) is 0 Å². The first-order valence-corrected chi connectivity index (χ1v) is 9.31. The third-order valence-electron chi connectivity index (χ3n) is 5.46. The topological polar surface area (TPSA) is 23.6 Å². The van der Waals surface area contributed by atoms with E-state index in [2.05, 4.69) is 47.2 Å². The predicted molar refractivity (Wildman–Crippen MR) is 101 cm³/mol. The van der Waals surface area contributed by atoms with Crippen LogP contribution in [0.2, 0.25) is 5.02 Å². The highest BCUT2D eigenvalue weighted by Gasteiger charge is 2.48. The molecule has 4 rings (SSSR count). The minimum absolute atomic E-state index is 0.0783. The highest BCUT2D eigenvalue weighted by molar-refractivity contribution is 6.31. The molecule has 1 aliphatic heterocycles. The minimum atomic E-state index is 0.0783. The Labute approximate surface area is 154 Å². The van der Waals surface area contributed by atoms with Gasteiger partial charge in [0.25, 0.3) is 0 Å². The Morgan fingerprint density at radius 2 is 1.76 bits per heavy atom. The second-order valence-electron chi connectivity index (χ2n) is 7.19. The number of amides is 1.